The quantitative estimate of drug-likeness (QED) is 0.892. The van der Waals surface area contributed by atoms with E-state index in [9.17, 15) is 18.3 Å². The zero-order valence-electron chi connectivity index (χ0n) is 10.8. The van der Waals surface area contributed by atoms with Gasteiger partial charge in [-0.25, -0.2) is 8.42 Å². The van der Waals surface area contributed by atoms with Crippen LogP contribution in [0.1, 0.15) is 18.4 Å². The molecule has 6 nitrogen and oxygen atoms in total. The lowest BCUT2D eigenvalue weighted by molar-refractivity contribution is -0.138. The zero-order chi connectivity index (χ0) is 14.5. The average Bonchev–Trinajstić information content (AvgIpc) is 3.02. The van der Waals surface area contributed by atoms with Crippen molar-refractivity contribution in [2.24, 2.45) is 5.92 Å². The van der Waals surface area contributed by atoms with Crippen molar-refractivity contribution in [1.82, 2.24) is 0 Å². The van der Waals surface area contributed by atoms with E-state index in [0.717, 1.165) is 0 Å². The minimum atomic E-state index is -3.38. The molecule has 7 heteroatoms. The number of rotatable bonds is 4. The van der Waals surface area contributed by atoms with Crippen LogP contribution >= 0.6 is 0 Å². The zero-order valence-corrected chi connectivity index (χ0v) is 11.6. The summed E-state index contributed by atoms with van der Waals surface area (Å²) in [7, 11) is -3.38. The van der Waals surface area contributed by atoms with E-state index in [1.165, 1.54) is 6.92 Å². The van der Waals surface area contributed by atoms with Gasteiger partial charge in [-0.2, -0.15) is 0 Å². The first-order chi connectivity index (χ1) is 9.45. The molecule has 0 unspecified atom stereocenters. The van der Waals surface area contributed by atoms with E-state index in [1.807, 2.05) is 0 Å². The highest BCUT2D eigenvalue weighted by Gasteiger charge is 2.62. The summed E-state index contributed by atoms with van der Waals surface area (Å²) in [5.41, 5.74) is 0.670. The van der Waals surface area contributed by atoms with Crippen molar-refractivity contribution in [3.8, 4) is 11.5 Å². The molecule has 0 saturated heterocycles. The highest BCUT2D eigenvalue weighted by atomic mass is 32.2. The summed E-state index contributed by atoms with van der Waals surface area (Å²) in [6.07, 6.45) is 0. The molecule has 1 aromatic rings. The Morgan fingerprint density at radius 2 is 2.05 bits per heavy atom. The summed E-state index contributed by atoms with van der Waals surface area (Å²) < 4.78 is 34.4. The third-order valence-electron chi connectivity index (χ3n) is 3.84. The minimum Gasteiger partial charge on any atom is -0.481 e. The Bertz CT molecular complexity index is 665. The molecule has 0 radical (unpaired) electrons. The van der Waals surface area contributed by atoms with E-state index in [0.29, 0.717) is 17.1 Å². The van der Waals surface area contributed by atoms with Crippen LogP contribution in [-0.2, 0) is 14.6 Å². The molecular weight excluding hydrogens is 284 g/mol. The molecular formula is C13H14O6S. The Morgan fingerprint density at radius 3 is 2.70 bits per heavy atom. The molecule has 0 bridgehead atoms. The van der Waals surface area contributed by atoms with Gasteiger partial charge in [0.1, 0.15) is 0 Å². The summed E-state index contributed by atoms with van der Waals surface area (Å²) in [5.74, 6) is -1.38. The average molecular weight is 298 g/mol. The number of fused-ring (bicyclic) bond motifs is 1. The Kier molecular flexibility index (Phi) is 2.89. The summed E-state index contributed by atoms with van der Waals surface area (Å²) in [6, 6.07) is 5.07. The van der Waals surface area contributed by atoms with Gasteiger partial charge >= 0.3 is 5.97 Å². The highest BCUT2D eigenvalue weighted by molar-refractivity contribution is 7.92. The molecule has 3 rings (SSSR count). The van der Waals surface area contributed by atoms with Gasteiger partial charge in [-0.3, -0.25) is 4.79 Å². The number of carboxylic acids is 1. The standard InChI is InChI=1S/C13H14O6S/c1-2-20(16,17)12-10(11(12)13(14)15)7-3-4-8-9(5-7)19-6-18-8/h3-5,10-12H,2,6H2,1H3,(H,14,15)/t10-,11+,12-/m0/s1. The summed E-state index contributed by atoms with van der Waals surface area (Å²) in [4.78, 5) is 11.2. The molecule has 0 spiro atoms. The van der Waals surface area contributed by atoms with E-state index in [1.54, 1.807) is 18.2 Å². The second-order valence-corrected chi connectivity index (χ2v) is 7.37. The van der Waals surface area contributed by atoms with E-state index >= 15 is 0 Å². The summed E-state index contributed by atoms with van der Waals surface area (Å²) in [6.45, 7) is 1.66. The molecule has 1 heterocycles. The summed E-state index contributed by atoms with van der Waals surface area (Å²) >= 11 is 0. The van der Waals surface area contributed by atoms with Crippen LogP contribution in [0.4, 0.5) is 0 Å². The fraction of sp³-hybridized carbons (Fsp3) is 0.462. The van der Waals surface area contributed by atoms with Gasteiger partial charge in [0.05, 0.1) is 11.2 Å². The van der Waals surface area contributed by atoms with Crippen LogP contribution in [0, 0.1) is 5.92 Å². The highest BCUT2D eigenvalue weighted by Crippen LogP contribution is 2.54. The van der Waals surface area contributed by atoms with Crippen LogP contribution in [0.3, 0.4) is 0 Å². The predicted molar refractivity (Wildman–Crippen MR) is 69.7 cm³/mol. The smallest absolute Gasteiger partial charge is 0.308 e. The number of carboxylic acid groups (broad SMARTS) is 1. The van der Waals surface area contributed by atoms with E-state index in [4.69, 9.17) is 9.47 Å². The first-order valence-corrected chi connectivity index (χ1v) is 8.01. The molecule has 1 aliphatic heterocycles. The molecule has 3 atom stereocenters. The van der Waals surface area contributed by atoms with Crippen molar-refractivity contribution in [2.45, 2.75) is 18.1 Å². The molecule has 108 valence electrons. The predicted octanol–water partition coefficient (Wildman–Crippen LogP) is 1.02. The van der Waals surface area contributed by atoms with E-state index in [2.05, 4.69) is 0 Å². The number of aliphatic carboxylic acids is 1. The fourth-order valence-electron chi connectivity index (χ4n) is 2.73. The number of sulfone groups is 1. The maximum absolute atomic E-state index is 12.0. The van der Waals surface area contributed by atoms with E-state index in [-0.39, 0.29) is 12.5 Å². The van der Waals surface area contributed by atoms with Crippen LogP contribution in [0.15, 0.2) is 18.2 Å². The normalized spacial score (nSPS) is 27.4. The van der Waals surface area contributed by atoms with Crippen LogP contribution in [0.2, 0.25) is 0 Å². The SMILES string of the molecule is CCS(=O)(=O)[C@@H]1[C@H](C(=O)O)[C@@H]1c1ccc2c(c1)OCO2. The lowest BCUT2D eigenvalue weighted by Crippen LogP contribution is -2.14. The van der Waals surface area contributed by atoms with Crippen LogP contribution in [0.25, 0.3) is 0 Å². The fourth-order valence-corrected chi connectivity index (χ4v) is 4.53. The Hall–Kier alpha value is -1.76. The molecule has 20 heavy (non-hydrogen) atoms. The van der Waals surface area contributed by atoms with Gasteiger partial charge in [-0.1, -0.05) is 13.0 Å². The van der Waals surface area contributed by atoms with Gasteiger partial charge in [0.25, 0.3) is 0 Å². The second kappa shape index (κ2) is 4.37. The first-order valence-electron chi connectivity index (χ1n) is 6.29. The van der Waals surface area contributed by atoms with Crippen molar-refractivity contribution >= 4 is 15.8 Å². The van der Waals surface area contributed by atoms with Crippen LogP contribution in [0.5, 0.6) is 11.5 Å². The monoisotopic (exact) mass is 298 g/mol. The van der Waals surface area contributed by atoms with Gasteiger partial charge in [-0.15, -0.1) is 0 Å². The molecule has 1 aromatic carbocycles. The lowest BCUT2D eigenvalue weighted by Gasteiger charge is -2.02. The number of hydrogen-bond donors (Lipinski definition) is 1. The van der Waals surface area contributed by atoms with Crippen molar-refractivity contribution in [3.63, 3.8) is 0 Å². The second-order valence-electron chi connectivity index (χ2n) is 4.92. The van der Waals surface area contributed by atoms with Crippen molar-refractivity contribution in [3.05, 3.63) is 23.8 Å². The minimum absolute atomic E-state index is 0.0531. The lowest BCUT2D eigenvalue weighted by atomic mass is 10.1. The van der Waals surface area contributed by atoms with Crippen molar-refractivity contribution < 1.29 is 27.8 Å². The molecule has 2 aliphatic rings. The third-order valence-corrected chi connectivity index (χ3v) is 6.06. The van der Waals surface area contributed by atoms with Gasteiger partial charge in [0.15, 0.2) is 21.3 Å². The van der Waals surface area contributed by atoms with Gasteiger partial charge in [-0.05, 0) is 17.7 Å². The molecule has 1 N–H and O–H groups in total. The van der Waals surface area contributed by atoms with Crippen molar-refractivity contribution in [1.29, 1.82) is 0 Å². The maximum Gasteiger partial charge on any atom is 0.308 e. The van der Waals surface area contributed by atoms with Gasteiger partial charge in [0.2, 0.25) is 6.79 Å². The first kappa shape index (κ1) is 13.2. The largest absolute Gasteiger partial charge is 0.481 e. The Labute approximate surface area is 116 Å². The number of carbonyl (C=O) groups is 1. The molecule has 1 aliphatic carbocycles. The topological polar surface area (TPSA) is 89.9 Å². The maximum atomic E-state index is 12.0. The van der Waals surface area contributed by atoms with Crippen LogP contribution in [-0.4, -0.2) is 37.3 Å². The van der Waals surface area contributed by atoms with E-state index < -0.39 is 32.9 Å². The van der Waals surface area contributed by atoms with Gasteiger partial charge < -0.3 is 14.6 Å². The van der Waals surface area contributed by atoms with Crippen molar-refractivity contribution in [2.75, 3.05) is 12.5 Å². The molecule has 0 amide bonds. The summed E-state index contributed by atoms with van der Waals surface area (Å²) in [5, 5.41) is 8.35. The molecule has 0 aromatic heterocycles. The molecule has 1 fully saturated rings. The Morgan fingerprint density at radius 1 is 1.35 bits per heavy atom. The number of hydrogen-bond acceptors (Lipinski definition) is 5. The van der Waals surface area contributed by atoms with Gasteiger partial charge in [0, 0.05) is 11.7 Å². The number of ether oxygens (including phenoxy) is 2. The Balaban J connectivity index is 1.95. The molecule has 1 saturated carbocycles. The third kappa shape index (κ3) is 1.93. The van der Waals surface area contributed by atoms with Crippen LogP contribution < -0.4 is 9.47 Å². The number of benzene rings is 1.